The summed E-state index contributed by atoms with van der Waals surface area (Å²) in [6.07, 6.45) is 3.63. The first-order chi connectivity index (χ1) is 12.1. The Bertz CT molecular complexity index is 844. The number of urea groups is 1. The summed E-state index contributed by atoms with van der Waals surface area (Å²) < 4.78 is 0. The van der Waals surface area contributed by atoms with Gasteiger partial charge in [-0.25, -0.2) is 4.79 Å². The van der Waals surface area contributed by atoms with Gasteiger partial charge in [0.25, 0.3) is 0 Å². The Labute approximate surface area is 147 Å². The number of aromatic nitrogens is 3. The predicted molar refractivity (Wildman–Crippen MR) is 99.8 cm³/mol. The number of hydrogen-bond donors (Lipinski definition) is 3. The molecule has 0 saturated carbocycles. The van der Waals surface area contributed by atoms with Crippen molar-refractivity contribution >= 4 is 16.9 Å². The van der Waals surface area contributed by atoms with Crippen LogP contribution < -0.4 is 5.32 Å². The number of nitrogens with zero attached hydrogens (tertiary/aromatic N) is 2. The minimum atomic E-state index is -0.0429. The molecule has 0 aliphatic carbocycles. The maximum absolute atomic E-state index is 12.2. The molecule has 2 aromatic heterocycles. The SMILES string of the molecule is Cc1n[nH]c(C)c1CCN(C)C(=O)NCCc1c[nH]c2ccccc12. The van der Waals surface area contributed by atoms with Gasteiger partial charge in [0.05, 0.1) is 5.69 Å². The number of carbonyl (C=O) groups excluding carboxylic acids is 1. The Balaban J connectivity index is 1.47. The van der Waals surface area contributed by atoms with E-state index in [0.717, 1.165) is 29.7 Å². The highest BCUT2D eigenvalue weighted by molar-refractivity contribution is 5.83. The van der Waals surface area contributed by atoms with Gasteiger partial charge in [0.1, 0.15) is 0 Å². The smallest absolute Gasteiger partial charge is 0.317 e. The molecule has 0 aliphatic heterocycles. The number of para-hydroxylation sites is 1. The van der Waals surface area contributed by atoms with Gasteiger partial charge >= 0.3 is 6.03 Å². The largest absolute Gasteiger partial charge is 0.361 e. The van der Waals surface area contributed by atoms with E-state index in [1.807, 2.05) is 39.2 Å². The minimum Gasteiger partial charge on any atom is -0.361 e. The fourth-order valence-corrected chi connectivity index (χ4v) is 3.10. The lowest BCUT2D eigenvalue weighted by Gasteiger charge is -2.18. The third-order valence-electron chi connectivity index (χ3n) is 4.67. The number of hydrogen-bond acceptors (Lipinski definition) is 2. The molecule has 132 valence electrons. The van der Waals surface area contributed by atoms with Crippen LogP contribution in [0.15, 0.2) is 30.5 Å². The van der Waals surface area contributed by atoms with Crippen LogP contribution in [-0.4, -0.2) is 46.2 Å². The van der Waals surface area contributed by atoms with Crippen molar-refractivity contribution in [2.75, 3.05) is 20.1 Å². The van der Waals surface area contributed by atoms with Crippen molar-refractivity contribution in [3.63, 3.8) is 0 Å². The molecule has 0 aliphatic rings. The lowest BCUT2D eigenvalue weighted by Crippen LogP contribution is -2.39. The topological polar surface area (TPSA) is 76.8 Å². The second kappa shape index (κ2) is 7.42. The zero-order chi connectivity index (χ0) is 17.8. The highest BCUT2D eigenvalue weighted by Gasteiger charge is 2.12. The first-order valence-electron chi connectivity index (χ1n) is 8.60. The van der Waals surface area contributed by atoms with Gasteiger partial charge in [0.2, 0.25) is 0 Å². The predicted octanol–water partition coefficient (Wildman–Crippen LogP) is 2.93. The molecule has 0 atom stereocenters. The molecule has 1 aromatic carbocycles. The quantitative estimate of drug-likeness (QED) is 0.646. The number of amides is 2. The van der Waals surface area contributed by atoms with Crippen LogP contribution in [0.3, 0.4) is 0 Å². The second-order valence-electron chi connectivity index (χ2n) is 6.43. The van der Waals surface area contributed by atoms with E-state index in [0.29, 0.717) is 13.1 Å². The summed E-state index contributed by atoms with van der Waals surface area (Å²) >= 11 is 0. The zero-order valence-corrected chi connectivity index (χ0v) is 15.0. The molecule has 6 heteroatoms. The Morgan fingerprint density at radius 2 is 2.04 bits per heavy atom. The Kier molecular flexibility index (Phi) is 5.07. The molecule has 2 amide bonds. The maximum Gasteiger partial charge on any atom is 0.317 e. The van der Waals surface area contributed by atoms with E-state index >= 15 is 0 Å². The molecule has 0 spiro atoms. The van der Waals surface area contributed by atoms with Crippen LogP contribution in [-0.2, 0) is 12.8 Å². The summed E-state index contributed by atoms with van der Waals surface area (Å²) in [5.41, 5.74) is 5.63. The number of H-pyrrole nitrogens is 2. The highest BCUT2D eigenvalue weighted by atomic mass is 16.2. The van der Waals surface area contributed by atoms with E-state index in [4.69, 9.17) is 0 Å². The summed E-state index contributed by atoms with van der Waals surface area (Å²) in [6, 6.07) is 8.17. The third-order valence-corrected chi connectivity index (χ3v) is 4.67. The van der Waals surface area contributed by atoms with Gasteiger partial charge < -0.3 is 15.2 Å². The minimum absolute atomic E-state index is 0.0429. The van der Waals surface area contributed by atoms with Crippen molar-refractivity contribution < 1.29 is 4.79 Å². The monoisotopic (exact) mass is 339 g/mol. The molecule has 25 heavy (non-hydrogen) atoms. The molecular weight excluding hydrogens is 314 g/mol. The van der Waals surface area contributed by atoms with Crippen molar-refractivity contribution in [3.05, 3.63) is 53.0 Å². The number of fused-ring (bicyclic) bond motifs is 1. The van der Waals surface area contributed by atoms with Gasteiger partial charge in [-0.3, -0.25) is 5.10 Å². The van der Waals surface area contributed by atoms with E-state index in [1.165, 1.54) is 16.5 Å². The summed E-state index contributed by atoms with van der Waals surface area (Å²) in [4.78, 5) is 17.2. The van der Waals surface area contributed by atoms with Gasteiger partial charge in [-0.05, 0) is 43.9 Å². The number of rotatable bonds is 6. The number of carbonyl (C=O) groups is 1. The van der Waals surface area contributed by atoms with Gasteiger partial charge in [0.15, 0.2) is 0 Å². The molecule has 0 bridgehead atoms. The standard InChI is InChI=1S/C19H25N5O/c1-13-16(14(2)23-22-13)9-11-24(3)19(25)20-10-8-15-12-21-18-7-5-4-6-17(15)18/h4-7,12,21H,8-11H2,1-3H3,(H,20,25)(H,22,23). The molecule has 3 aromatic rings. The third kappa shape index (κ3) is 3.84. The first-order valence-corrected chi connectivity index (χ1v) is 8.60. The van der Waals surface area contributed by atoms with E-state index in [2.05, 4.69) is 32.6 Å². The molecule has 3 N–H and O–H groups in total. The summed E-state index contributed by atoms with van der Waals surface area (Å²) in [5, 5.41) is 11.4. The van der Waals surface area contributed by atoms with Crippen LogP contribution in [0.4, 0.5) is 4.79 Å². The van der Waals surface area contributed by atoms with Crippen LogP contribution >= 0.6 is 0 Å². The molecule has 0 unspecified atom stereocenters. The summed E-state index contributed by atoms with van der Waals surface area (Å²) in [7, 11) is 1.83. The number of likely N-dealkylation sites (N-methyl/N-ethyl adjacent to an activating group) is 1. The fourth-order valence-electron chi connectivity index (χ4n) is 3.10. The van der Waals surface area contributed by atoms with Gasteiger partial charge in [-0.1, -0.05) is 18.2 Å². The maximum atomic E-state index is 12.2. The summed E-state index contributed by atoms with van der Waals surface area (Å²) in [5.74, 6) is 0. The normalized spacial score (nSPS) is 11.0. The molecule has 0 saturated heterocycles. The zero-order valence-electron chi connectivity index (χ0n) is 15.0. The number of aryl methyl sites for hydroxylation is 2. The van der Waals surface area contributed by atoms with Crippen LogP contribution in [0.5, 0.6) is 0 Å². The van der Waals surface area contributed by atoms with Crippen molar-refractivity contribution in [3.8, 4) is 0 Å². The Morgan fingerprint density at radius 1 is 1.24 bits per heavy atom. The van der Waals surface area contributed by atoms with Crippen LogP contribution in [0, 0.1) is 13.8 Å². The lowest BCUT2D eigenvalue weighted by atomic mass is 10.1. The van der Waals surface area contributed by atoms with Crippen molar-refractivity contribution in [1.82, 2.24) is 25.4 Å². The second-order valence-corrected chi connectivity index (χ2v) is 6.43. The molecular formula is C19H25N5O. The van der Waals surface area contributed by atoms with E-state index in [-0.39, 0.29) is 6.03 Å². The Morgan fingerprint density at radius 3 is 2.80 bits per heavy atom. The Hall–Kier alpha value is -2.76. The highest BCUT2D eigenvalue weighted by Crippen LogP contribution is 2.17. The van der Waals surface area contributed by atoms with E-state index < -0.39 is 0 Å². The average Bonchev–Trinajstić information content (AvgIpc) is 3.16. The first kappa shape index (κ1) is 17.1. The van der Waals surface area contributed by atoms with Gasteiger partial charge in [-0.2, -0.15) is 5.10 Å². The molecule has 0 radical (unpaired) electrons. The molecule has 6 nitrogen and oxygen atoms in total. The van der Waals surface area contributed by atoms with Crippen LogP contribution in [0.1, 0.15) is 22.5 Å². The number of aromatic amines is 2. The van der Waals surface area contributed by atoms with Gasteiger partial charge in [0, 0.05) is 42.9 Å². The fraction of sp³-hybridized carbons (Fsp3) is 0.368. The molecule has 3 rings (SSSR count). The number of nitrogens with one attached hydrogen (secondary N) is 3. The van der Waals surface area contributed by atoms with Crippen LogP contribution in [0.25, 0.3) is 10.9 Å². The number of benzene rings is 1. The van der Waals surface area contributed by atoms with Crippen molar-refractivity contribution in [2.45, 2.75) is 26.7 Å². The van der Waals surface area contributed by atoms with Crippen molar-refractivity contribution in [2.24, 2.45) is 0 Å². The molecule has 2 heterocycles. The average molecular weight is 339 g/mol. The summed E-state index contributed by atoms with van der Waals surface area (Å²) in [6.45, 7) is 5.28. The lowest BCUT2D eigenvalue weighted by molar-refractivity contribution is 0.209. The van der Waals surface area contributed by atoms with Gasteiger partial charge in [-0.15, -0.1) is 0 Å². The molecule has 0 fully saturated rings. The van der Waals surface area contributed by atoms with E-state index in [9.17, 15) is 4.79 Å². The van der Waals surface area contributed by atoms with Crippen molar-refractivity contribution in [1.29, 1.82) is 0 Å². The van der Waals surface area contributed by atoms with E-state index in [1.54, 1.807) is 4.90 Å². The van der Waals surface area contributed by atoms with Crippen LogP contribution in [0.2, 0.25) is 0 Å².